The van der Waals surface area contributed by atoms with Crippen molar-refractivity contribution in [3.8, 4) is 17.1 Å². The molecule has 0 atom stereocenters. The number of hydrogen-bond acceptors (Lipinski definition) is 6. The molecule has 0 saturated carbocycles. The normalized spacial score (nSPS) is 10.8. The molecule has 0 aliphatic heterocycles. The Hall–Kier alpha value is -3.72. The van der Waals surface area contributed by atoms with Gasteiger partial charge in [0.05, 0.1) is 5.56 Å². The van der Waals surface area contributed by atoms with E-state index < -0.39 is 0 Å². The molecule has 0 aliphatic rings. The minimum Gasteiger partial charge on any atom is -0.339 e. The number of rotatable bonds is 6. The van der Waals surface area contributed by atoms with Gasteiger partial charge in [0.2, 0.25) is 17.6 Å². The second kappa shape index (κ2) is 8.97. The van der Waals surface area contributed by atoms with E-state index in [1.165, 1.54) is 0 Å². The number of carbonyl (C=O) groups excluding carboxylic acids is 2. The standard InChI is InChI=1S/C22H21N5O3S/c1-14-12-18(15(2)27(14)17-6-4-3-5-7-17)22(29)25-24-19(28)8-9-20-23-21(26-30-20)16-10-11-31-13-16/h3-7,10-13H,8-9H2,1-2H3,(H,24,28)(H,25,29). The third-order valence-corrected chi connectivity index (χ3v) is 5.50. The van der Waals surface area contributed by atoms with Crippen LogP contribution in [0.25, 0.3) is 17.1 Å². The van der Waals surface area contributed by atoms with Crippen LogP contribution in [0.15, 0.2) is 57.7 Å². The average Bonchev–Trinajstić information content (AvgIpc) is 3.51. The lowest BCUT2D eigenvalue weighted by Crippen LogP contribution is -2.41. The van der Waals surface area contributed by atoms with Crippen molar-refractivity contribution >= 4 is 23.2 Å². The molecule has 0 saturated heterocycles. The molecule has 4 aromatic rings. The van der Waals surface area contributed by atoms with Crippen molar-refractivity contribution in [1.82, 2.24) is 25.6 Å². The van der Waals surface area contributed by atoms with Crippen molar-refractivity contribution in [3.63, 3.8) is 0 Å². The highest BCUT2D eigenvalue weighted by atomic mass is 32.1. The molecule has 0 aliphatic carbocycles. The van der Waals surface area contributed by atoms with Crippen LogP contribution >= 0.6 is 11.3 Å². The Morgan fingerprint density at radius 1 is 1.13 bits per heavy atom. The lowest BCUT2D eigenvalue weighted by Gasteiger charge is -2.10. The van der Waals surface area contributed by atoms with Crippen molar-refractivity contribution in [1.29, 1.82) is 0 Å². The van der Waals surface area contributed by atoms with Gasteiger partial charge in [0.15, 0.2) is 0 Å². The Kier molecular flexibility index (Phi) is 5.94. The average molecular weight is 436 g/mol. The summed E-state index contributed by atoms with van der Waals surface area (Å²) in [5.41, 5.74) is 9.00. The molecule has 0 fully saturated rings. The van der Waals surface area contributed by atoms with E-state index in [2.05, 4.69) is 21.0 Å². The van der Waals surface area contributed by atoms with E-state index in [0.29, 0.717) is 17.3 Å². The fourth-order valence-corrected chi connectivity index (χ4v) is 3.94. The highest BCUT2D eigenvalue weighted by Gasteiger charge is 2.17. The molecule has 2 amide bonds. The van der Waals surface area contributed by atoms with Gasteiger partial charge in [-0.2, -0.15) is 16.3 Å². The van der Waals surface area contributed by atoms with Gasteiger partial charge in [-0.15, -0.1) is 0 Å². The van der Waals surface area contributed by atoms with Gasteiger partial charge in [-0.05, 0) is 43.5 Å². The Morgan fingerprint density at radius 2 is 1.94 bits per heavy atom. The lowest BCUT2D eigenvalue weighted by molar-refractivity contribution is -0.121. The number of aromatic nitrogens is 3. The Morgan fingerprint density at radius 3 is 2.68 bits per heavy atom. The molecule has 158 valence electrons. The molecular formula is C22H21N5O3S. The Bertz CT molecular complexity index is 1200. The van der Waals surface area contributed by atoms with Gasteiger partial charge in [0, 0.05) is 40.9 Å². The van der Waals surface area contributed by atoms with E-state index in [-0.39, 0.29) is 24.7 Å². The number of thiophene rings is 1. The summed E-state index contributed by atoms with van der Waals surface area (Å²) in [6.07, 6.45) is 0.385. The fraction of sp³-hybridized carbons (Fsp3) is 0.182. The molecule has 0 radical (unpaired) electrons. The maximum Gasteiger partial charge on any atom is 0.271 e. The number of hydrogen-bond donors (Lipinski definition) is 2. The summed E-state index contributed by atoms with van der Waals surface area (Å²) in [6, 6.07) is 13.5. The predicted molar refractivity (Wildman–Crippen MR) is 117 cm³/mol. The fourth-order valence-electron chi connectivity index (χ4n) is 3.31. The van der Waals surface area contributed by atoms with Gasteiger partial charge in [-0.25, -0.2) is 0 Å². The monoisotopic (exact) mass is 435 g/mol. The second-order valence-corrected chi connectivity index (χ2v) is 7.76. The molecule has 0 spiro atoms. The number of benzene rings is 1. The zero-order valence-electron chi connectivity index (χ0n) is 17.1. The number of amides is 2. The van der Waals surface area contributed by atoms with Crippen LogP contribution < -0.4 is 10.9 Å². The van der Waals surface area contributed by atoms with Crippen LogP contribution in [0.2, 0.25) is 0 Å². The first-order valence-electron chi connectivity index (χ1n) is 9.71. The van der Waals surface area contributed by atoms with Gasteiger partial charge in [-0.1, -0.05) is 23.4 Å². The molecule has 0 bridgehead atoms. The lowest BCUT2D eigenvalue weighted by atomic mass is 10.2. The summed E-state index contributed by atoms with van der Waals surface area (Å²) < 4.78 is 7.18. The first kappa shape index (κ1) is 20.5. The van der Waals surface area contributed by atoms with Crippen molar-refractivity contribution in [2.45, 2.75) is 26.7 Å². The van der Waals surface area contributed by atoms with Crippen molar-refractivity contribution in [2.75, 3.05) is 0 Å². The van der Waals surface area contributed by atoms with Crippen LogP contribution in [0.4, 0.5) is 0 Å². The largest absolute Gasteiger partial charge is 0.339 e. The predicted octanol–water partition coefficient (Wildman–Crippen LogP) is 3.60. The molecule has 1 aromatic carbocycles. The van der Waals surface area contributed by atoms with Gasteiger partial charge in [0.25, 0.3) is 5.91 Å². The van der Waals surface area contributed by atoms with E-state index in [4.69, 9.17) is 4.52 Å². The molecule has 9 heteroatoms. The van der Waals surface area contributed by atoms with Gasteiger partial charge >= 0.3 is 0 Å². The molecule has 0 unspecified atom stereocenters. The summed E-state index contributed by atoms with van der Waals surface area (Å²) in [5.74, 6) is 0.148. The molecule has 3 aromatic heterocycles. The summed E-state index contributed by atoms with van der Waals surface area (Å²) in [5, 5.41) is 7.76. The van der Waals surface area contributed by atoms with E-state index in [0.717, 1.165) is 22.6 Å². The van der Waals surface area contributed by atoms with Gasteiger partial charge in [-0.3, -0.25) is 20.4 Å². The molecule has 3 heterocycles. The van der Waals surface area contributed by atoms with E-state index >= 15 is 0 Å². The number of para-hydroxylation sites is 1. The third-order valence-electron chi connectivity index (χ3n) is 4.82. The number of carbonyl (C=O) groups is 2. The quantitative estimate of drug-likeness (QED) is 0.451. The zero-order chi connectivity index (χ0) is 21.8. The Balaban J connectivity index is 1.32. The van der Waals surface area contributed by atoms with E-state index in [1.807, 2.05) is 65.6 Å². The minimum absolute atomic E-state index is 0.106. The zero-order valence-corrected chi connectivity index (χ0v) is 17.9. The second-order valence-electron chi connectivity index (χ2n) is 6.98. The first-order chi connectivity index (χ1) is 15.0. The first-order valence-corrected chi connectivity index (χ1v) is 10.7. The van der Waals surface area contributed by atoms with Gasteiger partial charge < -0.3 is 9.09 Å². The highest BCUT2D eigenvalue weighted by Crippen LogP contribution is 2.21. The molecule has 4 rings (SSSR count). The topological polar surface area (TPSA) is 102 Å². The van der Waals surface area contributed by atoms with Gasteiger partial charge in [0.1, 0.15) is 0 Å². The van der Waals surface area contributed by atoms with Crippen molar-refractivity contribution < 1.29 is 14.1 Å². The van der Waals surface area contributed by atoms with Crippen LogP contribution in [-0.2, 0) is 11.2 Å². The SMILES string of the molecule is Cc1cc(C(=O)NNC(=O)CCc2nc(-c3ccsc3)no2)c(C)n1-c1ccccc1. The van der Waals surface area contributed by atoms with Crippen LogP contribution in [0, 0.1) is 13.8 Å². The molecule has 2 N–H and O–H groups in total. The van der Waals surface area contributed by atoms with Crippen LogP contribution in [-0.4, -0.2) is 26.5 Å². The van der Waals surface area contributed by atoms with Crippen LogP contribution in [0.1, 0.15) is 34.1 Å². The van der Waals surface area contributed by atoms with Crippen LogP contribution in [0.5, 0.6) is 0 Å². The van der Waals surface area contributed by atoms with Crippen LogP contribution in [0.3, 0.4) is 0 Å². The molecule has 31 heavy (non-hydrogen) atoms. The van der Waals surface area contributed by atoms with Crippen molar-refractivity contribution in [3.05, 3.63) is 76.1 Å². The maximum atomic E-state index is 12.6. The maximum absolute atomic E-state index is 12.6. The molecule has 8 nitrogen and oxygen atoms in total. The van der Waals surface area contributed by atoms with E-state index in [9.17, 15) is 9.59 Å². The number of hydrazine groups is 1. The third kappa shape index (κ3) is 4.56. The number of aryl methyl sites for hydroxylation is 2. The summed E-state index contributed by atoms with van der Waals surface area (Å²) in [4.78, 5) is 29.0. The smallest absolute Gasteiger partial charge is 0.271 e. The van der Waals surface area contributed by atoms with Crippen molar-refractivity contribution in [2.24, 2.45) is 0 Å². The summed E-state index contributed by atoms with van der Waals surface area (Å²) in [6.45, 7) is 3.81. The summed E-state index contributed by atoms with van der Waals surface area (Å²) >= 11 is 1.54. The summed E-state index contributed by atoms with van der Waals surface area (Å²) in [7, 11) is 0. The minimum atomic E-state index is -0.374. The molecular weight excluding hydrogens is 414 g/mol. The number of nitrogens with zero attached hydrogens (tertiary/aromatic N) is 3. The highest BCUT2D eigenvalue weighted by molar-refractivity contribution is 7.08. The Labute approximate surface area is 182 Å². The van der Waals surface area contributed by atoms with E-state index in [1.54, 1.807) is 17.4 Å². The number of nitrogens with one attached hydrogen (secondary N) is 2.